The molecule has 0 aliphatic heterocycles. The van der Waals surface area contributed by atoms with Gasteiger partial charge in [-0.1, -0.05) is 6.92 Å². The third-order valence-corrected chi connectivity index (χ3v) is 2.87. The molecule has 2 N–H and O–H groups in total. The normalized spacial score (nSPS) is 12.1. The molecule has 0 saturated carbocycles. The number of ether oxygens (including phenoxy) is 3. The Balaban J connectivity index is 3.09. The van der Waals surface area contributed by atoms with Crippen molar-refractivity contribution in [3.63, 3.8) is 0 Å². The molecule has 18 heavy (non-hydrogen) atoms. The van der Waals surface area contributed by atoms with Crippen LogP contribution in [0.2, 0.25) is 0 Å². The van der Waals surface area contributed by atoms with E-state index < -0.39 is 0 Å². The molecule has 102 valence electrons. The minimum Gasteiger partial charge on any atom is -0.496 e. The number of hydrogen-bond acceptors (Lipinski definition) is 4. The third-order valence-electron chi connectivity index (χ3n) is 2.87. The first-order valence-electron chi connectivity index (χ1n) is 6.29. The van der Waals surface area contributed by atoms with Crippen LogP contribution in [0.3, 0.4) is 0 Å². The summed E-state index contributed by atoms with van der Waals surface area (Å²) in [5, 5.41) is 0. The third kappa shape index (κ3) is 3.53. The highest BCUT2D eigenvalue weighted by atomic mass is 16.5. The zero-order chi connectivity index (χ0) is 13.5. The van der Waals surface area contributed by atoms with Crippen LogP contribution in [-0.4, -0.2) is 26.9 Å². The molecule has 1 rings (SSSR count). The number of hydrogen-bond donors (Lipinski definition) is 1. The average molecular weight is 253 g/mol. The molecule has 4 heteroatoms. The minimum absolute atomic E-state index is 0.126. The average Bonchev–Trinajstić information content (AvgIpc) is 2.39. The summed E-state index contributed by atoms with van der Waals surface area (Å²) < 4.78 is 16.2. The Bertz CT molecular complexity index is 380. The van der Waals surface area contributed by atoms with E-state index in [0.717, 1.165) is 29.9 Å². The zero-order valence-corrected chi connectivity index (χ0v) is 11.7. The molecule has 1 atom stereocenters. The van der Waals surface area contributed by atoms with Crippen LogP contribution in [-0.2, 0) is 6.42 Å². The molecule has 0 spiro atoms. The molecule has 0 amide bonds. The second-order valence-corrected chi connectivity index (χ2v) is 4.12. The molecule has 1 aromatic rings. The van der Waals surface area contributed by atoms with E-state index in [0.29, 0.717) is 12.4 Å². The number of benzene rings is 1. The maximum atomic E-state index is 5.99. The minimum atomic E-state index is 0.126. The summed E-state index contributed by atoms with van der Waals surface area (Å²) in [6.45, 7) is 4.60. The Labute approximate surface area is 109 Å². The SMILES string of the molecule is CCOc1cc(OC)c(C[C@H](N)CC)cc1OC. The van der Waals surface area contributed by atoms with Gasteiger partial charge in [-0.3, -0.25) is 0 Å². The summed E-state index contributed by atoms with van der Waals surface area (Å²) in [5.74, 6) is 2.21. The monoisotopic (exact) mass is 253 g/mol. The quantitative estimate of drug-likeness (QED) is 0.810. The van der Waals surface area contributed by atoms with Crippen LogP contribution in [0.25, 0.3) is 0 Å². The zero-order valence-electron chi connectivity index (χ0n) is 11.7. The highest BCUT2D eigenvalue weighted by Crippen LogP contribution is 2.35. The molecule has 1 aromatic carbocycles. The Hall–Kier alpha value is -1.42. The fraction of sp³-hybridized carbons (Fsp3) is 0.571. The number of methoxy groups -OCH3 is 2. The summed E-state index contributed by atoms with van der Waals surface area (Å²) in [6, 6.07) is 3.93. The molecular formula is C14H23NO3. The fourth-order valence-corrected chi connectivity index (χ4v) is 1.79. The van der Waals surface area contributed by atoms with Crippen molar-refractivity contribution in [3.8, 4) is 17.2 Å². The Kier molecular flexibility index (Phi) is 5.78. The van der Waals surface area contributed by atoms with Gasteiger partial charge in [-0.05, 0) is 31.4 Å². The smallest absolute Gasteiger partial charge is 0.164 e. The van der Waals surface area contributed by atoms with E-state index >= 15 is 0 Å². The van der Waals surface area contributed by atoms with Crippen molar-refractivity contribution in [2.45, 2.75) is 32.7 Å². The fourth-order valence-electron chi connectivity index (χ4n) is 1.79. The first kappa shape index (κ1) is 14.6. The second-order valence-electron chi connectivity index (χ2n) is 4.12. The van der Waals surface area contributed by atoms with Crippen LogP contribution in [0, 0.1) is 0 Å². The summed E-state index contributed by atoms with van der Waals surface area (Å²) >= 11 is 0. The van der Waals surface area contributed by atoms with Crippen molar-refractivity contribution < 1.29 is 14.2 Å². The first-order chi connectivity index (χ1) is 8.65. The van der Waals surface area contributed by atoms with E-state index in [1.54, 1.807) is 14.2 Å². The summed E-state index contributed by atoms with van der Waals surface area (Å²) in [7, 11) is 3.28. The maximum Gasteiger partial charge on any atom is 0.164 e. The van der Waals surface area contributed by atoms with Crippen LogP contribution in [0.5, 0.6) is 17.2 Å². The first-order valence-corrected chi connectivity index (χ1v) is 6.29. The van der Waals surface area contributed by atoms with E-state index in [4.69, 9.17) is 19.9 Å². The number of nitrogens with two attached hydrogens (primary N) is 1. The lowest BCUT2D eigenvalue weighted by atomic mass is 10.0. The second kappa shape index (κ2) is 7.11. The van der Waals surface area contributed by atoms with E-state index in [-0.39, 0.29) is 6.04 Å². The molecule has 0 radical (unpaired) electrons. The van der Waals surface area contributed by atoms with Gasteiger partial charge in [0.25, 0.3) is 0 Å². The van der Waals surface area contributed by atoms with Gasteiger partial charge in [-0.2, -0.15) is 0 Å². The van der Waals surface area contributed by atoms with E-state index in [1.807, 2.05) is 19.1 Å². The van der Waals surface area contributed by atoms with Crippen molar-refractivity contribution in [1.82, 2.24) is 0 Å². The van der Waals surface area contributed by atoms with Gasteiger partial charge in [0.15, 0.2) is 11.5 Å². The predicted molar refractivity (Wildman–Crippen MR) is 72.7 cm³/mol. The lowest BCUT2D eigenvalue weighted by molar-refractivity contribution is 0.307. The predicted octanol–water partition coefficient (Wildman–Crippen LogP) is 2.38. The van der Waals surface area contributed by atoms with Gasteiger partial charge in [0, 0.05) is 12.1 Å². The largest absolute Gasteiger partial charge is 0.496 e. The van der Waals surface area contributed by atoms with E-state index in [2.05, 4.69) is 6.92 Å². The van der Waals surface area contributed by atoms with Gasteiger partial charge in [-0.25, -0.2) is 0 Å². The lowest BCUT2D eigenvalue weighted by Gasteiger charge is -2.16. The topological polar surface area (TPSA) is 53.7 Å². The molecule has 0 aliphatic rings. The van der Waals surface area contributed by atoms with Crippen molar-refractivity contribution in [2.75, 3.05) is 20.8 Å². The molecule has 0 bridgehead atoms. The molecule has 0 fully saturated rings. The lowest BCUT2D eigenvalue weighted by Crippen LogP contribution is -2.21. The van der Waals surface area contributed by atoms with Gasteiger partial charge in [0.05, 0.1) is 20.8 Å². The molecule has 0 aliphatic carbocycles. The molecular weight excluding hydrogens is 230 g/mol. The Morgan fingerprint density at radius 2 is 1.72 bits per heavy atom. The van der Waals surface area contributed by atoms with Gasteiger partial charge < -0.3 is 19.9 Å². The van der Waals surface area contributed by atoms with Crippen molar-refractivity contribution in [2.24, 2.45) is 5.73 Å². The molecule has 0 saturated heterocycles. The van der Waals surface area contributed by atoms with Crippen LogP contribution in [0.4, 0.5) is 0 Å². The Morgan fingerprint density at radius 3 is 2.22 bits per heavy atom. The van der Waals surface area contributed by atoms with Crippen LogP contribution in [0.15, 0.2) is 12.1 Å². The van der Waals surface area contributed by atoms with Crippen molar-refractivity contribution in [1.29, 1.82) is 0 Å². The van der Waals surface area contributed by atoms with E-state index in [1.165, 1.54) is 0 Å². The van der Waals surface area contributed by atoms with Crippen LogP contribution >= 0.6 is 0 Å². The summed E-state index contributed by atoms with van der Waals surface area (Å²) in [4.78, 5) is 0. The molecule has 0 aromatic heterocycles. The van der Waals surface area contributed by atoms with Crippen molar-refractivity contribution in [3.05, 3.63) is 17.7 Å². The van der Waals surface area contributed by atoms with Crippen molar-refractivity contribution >= 4 is 0 Å². The van der Waals surface area contributed by atoms with Crippen LogP contribution < -0.4 is 19.9 Å². The Morgan fingerprint density at radius 1 is 1.06 bits per heavy atom. The van der Waals surface area contributed by atoms with Gasteiger partial charge in [-0.15, -0.1) is 0 Å². The number of rotatable bonds is 7. The highest BCUT2D eigenvalue weighted by Gasteiger charge is 2.14. The maximum absolute atomic E-state index is 5.99. The van der Waals surface area contributed by atoms with E-state index in [9.17, 15) is 0 Å². The standard InChI is InChI=1S/C14H23NO3/c1-5-11(15)7-10-8-13(17-4)14(18-6-2)9-12(10)16-3/h8-9,11H,5-7,15H2,1-4H3/t11-/m1/s1. The van der Waals surface area contributed by atoms with Gasteiger partial charge in [0.2, 0.25) is 0 Å². The van der Waals surface area contributed by atoms with Crippen LogP contribution in [0.1, 0.15) is 25.8 Å². The summed E-state index contributed by atoms with van der Waals surface area (Å²) in [6.07, 6.45) is 1.70. The molecule has 0 heterocycles. The van der Waals surface area contributed by atoms with Gasteiger partial charge in [0.1, 0.15) is 5.75 Å². The molecule has 0 unspecified atom stereocenters. The van der Waals surface area contributed by atoms with Gasteiger partial charge >= 0.3 is 0 Å². The summed E-state index contributed by atoms with van der Waals surface area (Å²) in [5.41, 5.74) is 7.04. The molecule has 4 nitrogen and oxygen atoms in total. The highest BCUT2D eigenvalue weighted by molar-refractivity contribution is 5.51.